The van der Waals surface area contributed by atoms with Crippen molar-refractivity contribution in [1.82, 2.24) is 9.88 Å². The van der Waals surface area contributed by atoms with E-state index in [1.54, 1.807) is 30.6 Å². The van der Waals surface area contributed by atoms with Gasteiger partial charge in [-0.3, -0.25) is 14.6 Å². The van der Waals surface area contributed by atoms with Crippen LogP contribution >= 0.6 is 11.3 Å². The molecule has 4 rings (SSSR count). The third-order valence-electron chi connectivity index (χ3n) is 5.81. The van der Waals surface area contributed by atoms with E-state index >= 15 is 0 Å². The van der Waals surface area contributed by atoms with Crippen molar-refractivity contribution in [1.29, 1.82) is 0 Å². The number of aromatic nitrogens is 1. The predicted octanol–water partition coefficient (Wildman–Crippen LogP) is 5.46. The normalized spacial score (nSPS) is 17.9. The minimum atomic E-state index is -0.736. The Morgan fingerprint density at radius 3 is 2.59 bits per heavy atom. The number of hydrogen-bond acceptors (Lipinski definition) is 6. The van der Waals surface area contributed by atoms with Crippen LogP contribution in [0.25, 0.3) is 5.76 Å². The molecule has 3 aromatic rings. The Kier molecular flexibility index (Phi) is 6.57. The van der Waals surface area contributed by atoms with E-state index in [2.05, 4.69) is 25.8 Å². The summed E-state index contributed by atoms with van der Waals surface area (Å²) < 4.78 is 5.79. The standard InChI is InChI=1S/C27H28N2O4S/c1-5-33-21-11-10-17(14-20(21)27(2,3)4)24(30)22-23(18-8-6-12-28-15-18)29(26(32)25(22)31)16-19-9-7-13-34-19/h6-15,23,30H,5,16H2,1-4H3/b24-22-. The van der Waals surface area contributed by atoms with Crippen molar-refractivity contribution in [2.24, 2.45) is 0 Å². The molecule has 1 atom stereocenters. The summed E-state index contributed by atoms with van der Waals surface area (Å²) >= 11 is 1.51. The van der Waals surface area contributed by atoms with Crippen LogP contribution in [0.1, 0.15) is 55.3 Å². The molecule has 1 N–H and O–H groups in total. The van der Waals surface area contributed by atoms with Crippen LogP contribution in [-0.2, 0) is 21.5 Å². The first-order valence-electron chi connectivity index (χ1n) is 11.2. The van der Waals surface area contributed by atoms with Crippen molar-refractivity contribution in [2.75, 3.05) is 6.61 Å². The average Bonchev–Trinajstić information content (AvgIpc) is 3.41. The molecule has 1 aromatic carbocycles. The highest BCUT2D eigenvalue weighted by Crippen LogP contribution is 2.41. The van der Waals surface area contributed by atoms with Crippen LogP contribution in [0.15, 0.2) is 65.8 Å². The number of aliphatic hydroxyl groups is 1. The molecule has 3 heterocycles. The smallest absolute Gasteiger partial charge is 0.295 e. The Labute approximate surface area is 203 Å². The van der Waals surface area contributed by atoms with E-state index in [1.165, 1.54) is 16.2 Å². The lowest BCUT2D eigenvalue weighted by molar-refractivity contribution is -0.140. The highest BCUT2D eigenvalue weighted by molar-refractivity contribution is 7.09. The number of ketones is 1. The molecule has 1 aliphatic rings. The van der Waals surface area contributed by atoms with Crippen molar-refractivity contribution in [3.63, 3.8) is 0 Å². The number of carbonyl (C=O) groups is 2. The van der Waals surface area contributed by atoms with E-state index in [-0.39, 0.29) is 23.3 Å². The molecular weight excluding hydrogens is 448 g/mol. The first kappa shape index (κ1) is 23.7. The van der Waals surface area contributed by atoms with Gasteiger partial charge in [-0.15, -0.1) is 11.3 Å². The maximum atomic E-state index is 13.2. The summed E-state index contributed by atoms with van der Waals surface area (Å²) in [4.78, 5) is 33.0. The third-order valence-corrected chi connectivity index (χ3v) is 6.67. The van der Waals surface area contributed by atoms with Gasteiger partial charge in [0.25, 0.3) is 11.7 Å². The maximum Gasteiger partial charge on any atom is 0.295 e. The van der Waals surface area contributed by atoms with E-state index < -0.39 is 17.7 Å². The Morgan fingerprint density at radius 2 is 1.97 bits per heavy atom. The highest BCUT2D eigenvalue weighted by atomic mass is 32.1. The number of ether oxygens (including phenoxy) is 1. The minimum Gasteiger partial charge on any atom is -0.507 e. The molecule has 6 nitrogen and oxygen atoms in total. The van der Waals surface area contributed by atoms with Gasteiger partial charge in [0.2, 0.25) is 0 Å². The number of thiophene rings is 1. The number of nitrogens with zero attached hydrogens (tertiary/aromatic N) is 2. The molecular formula is C27H28N2O4S. The zero-order valence-electron chi connectivity index (χ0n) is 19.7. The first-order chi connectivity index (χ1) is 16.2. The fourth-order valence-electron chi connectivity index (χ4n) is 4.20. The van der Waals surface area contributed by atoms with Gasteiger partial charge in [0, 0.05) is 28.4 Å². The second kappa shape index (κ2) is 9.43. The van der Waals surface area contributed by atoms with Crippen LogP contribution in [0.4, 0.5) is 0 Å². The van der Waals surface area contributed by atoms with Crippen molar-refractivity contribution in [3.8, 4) is 5.75 Å². The summed E-state index contributed by atoms with van der Waals surface area (Å²) in [7, 11) is 0. The van der Waals surface area contributed by atoms with Gasteiger partial charge in [-0.2, -0.15) is 0 Å². The molecule has 0 radical (unpaired) electrons. The Balaban J connectivity index is 1.87. The molecule has 1 fully saturated rings. The predicted molar refractivity (Wildman–Crippen MR) is 133 cm³/mol. The Morgan fingerprint density at radius 1 is 1.18 bits per heavy atom. The summed E-state index contributed by atoms with van der Waals surface area (Å²) in [5, 5.41) is 13.3. The largest absolute Gasteiger partial charge is 0.507 e. The van der Waals surface area contributed by atoms with Gasteiger partial charge in [0.05, 0.1) is 24.8 Å². The van der Waals surface area contributed by atoms with Crippen molar-refractivity contribution < 1.29 is 19.4 Å². The van der Waals surface area contributed by atoms with Crippen LogP contribution < -0.4 is 4.74 Å². The number of carbonyl (C=O) groups excluding carboxylic acids is 2. The van der Waals surface area contributed by atoms with Crippen LogP contribution in [0, 0.1) is 0 Å². The molecule has 2 aromatic heterocycles. The zero-order valence-corrected chi connectivity index (χ0v) is 20.6. The number of amides is 1. The molecule has 1 unspecified atom stereocenters. The molecule has 1 amide bonds. The first-order valence-corrected chi connectivity index (χ1v) is 12.1. The van der Waals surface area contributed by atoms with Crippen molar-refractivity contribution >= 4 is 28.8 Å². The average molecular weight is 477 g/mol. The summed E-state index contributed by atoms with van der Waals surface area (Å²) in [5.74, 6) is -0.803. The second-order valence-corrected chi connectivity index (χ2v) is 10.2. The van der Waals surface area contributed by atoms with E-state index in [0.29, 0.717) is 17.7 Å². The second-order valence-electron chi connectivity index (χ2n) is 9.19. The third kappa shape index (κ3) is 4.48. The maximum absolute atomic E-state index is 13.2. The molecule has 1 aliphatic heterocycles. The van der Waals surface area contributed by atoms with E-state index in [9.17, 15) is 14.7 Å². The number of benzene rings is 1. The summed E-state index contributed by atoms with van der Waals surface area (Å²) in [6, 6.07) is 12.0. The molecule has 0 bridgehead atoms. The molecule has 7 heteroatoms. The Bertz CT molecular complexity index is 1230. The lowest BCUT2D eigenvalue weighted by Gasteiger charge is -2.25. The quantitative estimate of drug-likeness (QED) is 0.290. The SMILES string of the molecule is CCOc1ccc(/C(O)=C2/C(=O)C(=O)N(Cc3cccs3)C2c2cccnc2)cc1C(C)(C)C. The molecule has 0 spiro atoms. The summed E-state index contributed by atoms with van der Waals surface area (Å²) in [6.45, 7) is 8.89. The van der Waals surface area contributed by atoms with Crippen molar-refractivity contribution in [3.05, 3.63) is 87.4 Å². The minimum absolute atomic E-state index is 0.0681. The summed E-state index contributed by atoms with van der Waals surface area (Å²) in [6.07, 6.45) is 3.26. The van der Waals surface area contributed by atoms with Crippen LogP contribution in [0.3, 0.4) is 0 Å². The number of likely N-dealkylation sites (tertiary alicyclic amines) is 1. The zero-order chi connectivity index (χ0) is 24.5. The molecule has 1 saturated heterocycles. The van der Waals surface area contributed by atoms with Crippen LogP contribution in [0.2, 0.25) is 0 Å². The Hall–Kier alpha value is -3.45. The molecule has 34 heavy (non-hydrogen) atoms. The van der Waals surface area contributed by atoms with Gasteiger partial charge in [0.15, 0.2) is 0 Å². The number of Topliss-reactive ketones (excluding diaryl/α,β-unsaturated/α-hetero) is 1. The van der Waals surface area contributed by atoms with E-state index in [4.69, 9.17) is 4.74 Å². The molecule has 0 saturated carbocycles. The lowest BCUT2D eigenvalue weighted by Crippen LogP contribution is -2.28. The van der Waals surface area contributed by atoms with Crippen molar-refractivity contribution in [2.45, 2.75) is 45.7 Å². The van der Waals surface area contributed by atoms with E-state index in [0.717, 1.165) is 16.2 Å². The van der Waals surface area contributed by atoms with Gasteiger partial charge in [0.1, 0.15) is 11.5 Å². The van der Waals surface area contributed by atoms with E-state index in [1.807, 2.05) is 36.6 Å². The fraction of sp³-hybridized carbons (Fsp3) is 0.296. The topological polar surface area (TPSA) is 79.7 Å². The van der Waals surface area contributed by atoms with Gasteiger partial charge in [-0.05, 0) is 53.6 Å². The summed E-state index contributed by atoms with van der Waals surface area (Å²) in [5.41, 5.74) is 1.86. The van der Waals surface area contributed by atoms with Gasteiger partial charge < -0.3 is 14.7 Å². The fourth-order valence-corrected chi connectivity index (χ4v) is 4.90. The van der Waals surface area contributed by atoms with Gasteiger partial charge in [-0.25, -0.2) is 0 Å². The molecule has 0 aliphatic carbocycles. The molecule has 176 valence electrons. The number of aliphatic hydroxyl groups excluding tert-OH is 1. The number of rotatable bonds is 6. The van der Waals surface area contributed by atoms with Gasteiger partial charge >= 0.3 is 0 Å². The highest BCUT2D eigenvalue weighted by Gasteiger charge is 2.46. The van der Waals surface area contributed by atoms with Crippen LogP contribution in [-0.4, -0.2) is 33.3 Å². The number of pyridine rings is 1. The van der Waals surface area contributed by atoms with Crippen LogP contribution in [0.5, 0.6) is 5.75 Å². The monoisotopic (exact) mass is 476 g/mol. The number of hydrogen-bond donors (Lipinski definition) is 1. The lowest BCUT2D eigenvalue weighted by atomic mass is 9.84. The van der Waals surface area contributed by atoms with Gasteiger partial charge in [-0.1, -0.05) is 32.9 Å².